The number of carbonyl (C=O) groups excluding carboxylic acids is 1. The van der Waals surface area contributed by atoms with Gasteiger partial charge < -0.3 is 5.32 Å². The molecule has 0 bridgehead atoms. The van der Waals surface area contributed by atoms with Gasteiger partial charge in [-0.2, -0.15) is 0 Å². The zero-order valence-electron chi connectivity index (χ0n) is 11.7. The molecular formula is C17H16FNOS. The number of nitrogens with one attached hydrogen (secondary N) is 1. The van der Waals surface area contributed by atoms with Crippen LogP contribution in [-0.4, -0.2) is 11.2 Å². The lowest BCUT2D eigenvalue weighted by Crippen LogP contribution is -2.32. The maximum atomic E-state index is 13.5. The zero-order valence-corrected chi connectivity index (χ0v) is 12.5. The van der Waals surface area contributed by atoms with Crippen molar-refractivity contribution in [2.45, 2.75) is 30.0 Å². The minimum atomic E-state index is -0.232. The number of hydrogen-bond acceptors (Lipinski definition) is 2. The summed E-state index contributed by atoms with van der Waals surface area (Å²) in [5, 5.41) is 2.81. The average molecular weight is 301 g/mol. The van der Waals surface area contributed by atoms with Crippen molar-refractivity contribution in [3.8, 4) is 0 Å². The molecule has 1 aliphatic heterocycles. The first-order chi connectivity index (χ1) is 10.1. The van der Waals surface area contributed by atoms with Gasteiger partial charge in [0.1, 0.15) is 5.82 Å². The molecule has 0 saturated carbocycles. The monoisotopic (exact) mass is 301 g/mol. The Balaban J connectivity index is 1.59. The molecule has 3 rings (SSSR count). The van der Waals surface area contributed by atoms with E-state index in [1.165, 1.54) is 16.5 Å². The number of hydrogen-bond donors (Lipinski definition) is 1. The molecule has 108 valence electrons. The molecule has 4 heteroatoms. The third-order valence-corrected chi connectivity index (χ3v) is 4.96. The lowest BCUT2D eigenvalue weighted by Gasteiger charge is -2.10. The summed E-state index contributed by atoms with van der Waals surface area (Å²) in [4.78, 5) is 13.4. The van der Waals surface area contributed by atoms with Crippen molar-refractivity contribution >= 4 is 17.7 Å². The van der Waals surface area contributed by atoms with Crippen molar-refractivity contribution in [1.82, 2.24) is 5.32 Å². The first-order valence-corrected chi connectivity index (χ1v) is 7.79. The molecule has 1 atom stereocenters. The second-order valence-corrected chi connectivity index (χ2v) is 6.46. The highest BCUT2D eigenvalue weighted by Crippen LogP contribution is 2.36. The van der Waals surface area contributed by atoms with Gasteiger partial charge >= 0.3 is 0 Å². The van der Waals surface area contributed by atoms with Crippen LogP contribution in [0.4, 0.5) is 4.39 Å². The Labute approximate surface area is 127 Å². The Bertz CT molecular complexity index is 661. The lowest BCUT2D eigenvalue weighted by molar-refractivity contribution is -0.120. The SMILES string of the molecule is Cc1ccc(CNC(=O)C2Cc3ccccc3S2)cc1F. The van der Waals surface area contributed by atoms with E-state index in [9.17, 15) is 9.18 Å². The molecule has 0 spiro atoms. The van der Waals surface area contributed by atoms with Crippen molar-refractivity contribution in [3.63, 3.8) is 0 Å². The highest BCUT2D eigenvalue weighted by molar-refractivity contribution is 8.01. The first-order valence-electron chi connectivity index (χ1n) is 6.91. The largest absolute Gasteiger partial charge is 0.351 e. The second kappa shape index (κ2) is 5.90. The molecule has 1 N–H and O–H groups in total. The van der Waals surface area contributed by atoms with E-state index in [0.29, 0.717) is 12.1 Å². The molecule has 1 heterocycles. The summed E-state index contributed by atoms with van der Waals surface area (Å²) in [6.07, 6.45) is 0.759. The lowest BCUT2D eigenvalue weighted by atomic mass is 10.1. The van der Waals surface area contributed by atoms with Crippen LogP contribution in [0.1, 0.15) is 16.7 Å². The van der Waals surface area contributed by atoms with Gasteiger partial charge in [0.2, 0.25) is 5.91 Å². The number of benzene rings is 2. The van der Waals surface area contributed by atoms with Crippen LogP contribution in [0.2, 0.25) is 0 Å². The number of fused-ring (bicyclic) bond motifs is 1. The van der Waals surface area contributed by atoms with Gasteiger partial charge in [-0.15, -0.1) is 11.8 Å². The maximum Gasteiger partial charge on any atom is 0.234 e. The molecule has 1 amide bonds. The van der Waals surface area contributed by atoms with Gasteiger partial charge in [-0.1, -0.05) is 30.3 Å². The Hall–Kier alpha value is -1.81. The Morgan fingerprint density at radius 2 is 2.14 bits per heavy atom. The van der Waals surface area contributed by atoms with Crippen LogP contribution in [0.15, 0.2) is 47.4 Å². The standard InChI is InChI=1S/C17H16FNOS/c1-11-6-7-12(8-14(11)18)10-19-17(20)16-9-13-4-2-3-5-15(13)21-16/h2-8,16H,9-10H2,1H3,(H,19,20). The van der Waals surface area contributed by atoms with Crippen LogP contribution in [-0.2, 0) is 17.8 Å². The topological polar surface area (TPSA) is 29.1 Å². The Kier molecular flexibility index (Phi) is 3.97. The van der Waals surface area contributed by atoms with Gasteiger partial charge in [0.05, 0.1) is 5.25 Å². The number of thioether (sulfide) groups is 1. The first kappa shape index (κ1) is 14.1. The molecule has 2 aromatic carbocycles. The fourth-order valence-electron chi connectivity index (χ4n) is 2.38. The number of carbonyl (C=O) groups is 1. The summed E-state index contributed by atoms with van der Waals surface area (Å²) in [5.41, 5.74) is 2.63. The molecule has 0 saturated heterocycles. The van der Waals surface area contributed by atoms with Crippen LogP contribution in [0.3, 0.4) is 0 Å². The fraction of sp³-hybridized carbons (Fsp3) is 0.235. The van der Waals surface area contributed by atoms with Gasteiger partial charge in [0.25, 0.3) is 0 Å². The summed E-state index contributed by atoms with van der Waals surface area (Å²) in [6, 6.07) is 13.1. The van der Waals surface area contributed by atoms with Crippen LogP contribution < -0.4 is 5.32 Å². The Morgan fingerprint density at radius 1 is 1.33 bits per heavy atom. The van der Waals surface area contributed by atoms with Crippen LogP contribution >= 0.6 is 11.8 Å². The smallest absolute Gasteiger partial charge is 0.234 e. The molecule has 0 aromatic heterocycles. The number of rotatable bonds is 3. The van der Waals surface area contributed by atoms with E-state index in [1.54, 1.807) is 24.8 Å². The number of aryl methyl sites for hydroxylation is 1. The number of halogens is 1. The van der Waals surface area contributed by atoms with E-state index in [1.807, 2.05) is 24.3 Å². The van der Waals surface area contributed by atoms with Gasteiger partial charge in [0, 0.05) is 11.4 Å². The molecule has 1 aliphatic rings. The fourth-order valence-corrected chi connectivity index (χ4v) is 3.60. The van der Waals surface area contributed by atoms with Crippen LogP contribution in [0.5, 0.6) is 0 Å². The Morgan fingerprint density at radius 3 is 2.90 bits per heavy atom. The van der Waals surface area contributed by atoms with Crippen LogP contribution in [0, 0.1) is 12.7 Å². The molecule has 0 fully saturated rings. The third-order valence-electron chi connectivity index (χ3n) is 3.64. The summed E-state index contributed by atoms with van der Waals surface area (Å²) in [7, 11) is 0. The van der Waals surface area contributed by atoms with Crippen molar-refractivity contribution in [2.24, 2.45) is 0 Å². The zero-order chi connectivity index (χ0) is 14.8. The van der Waals surface area contributed by atoms with E-state index in [4.69, 9.17) is 0 Å². The van der Waals surface area contributed by atoms with E-state index in [0.717, 1.165) is 12.0 Å². The van der Waals surface area contributed by atoms with Crippen molar-refractivity contribution in [3.05, 3.63) is 65.0 Å². The van der Waals surface area contributed by atoms with Gasteiger partial charge in [0.15, 0.2) is 0 Å². The second-order valence-electron chi connectivity index (χ2n) is 5.22. The molecule has 21 heavy (non-hydrogen) atoms. The predicted octanol–water partition coefficient (Wildman–Crippen LogP) is 3.47. The van der Waals surface area contributed by atoms with Crippen molar-refractivity contribution < 1.29 is 9.18 Å². The molecule has 2 nitrogen and oxygen atoms in total. The summed E-state index contributed by atoms with van der Waals surface area (Å²) < 4.78 is 13.5. The predicted molar refractivity (Wildman–Crippen MR) is 82.8 cm³/mol. The molecule has 1 unspecified atom stereocenters. The summed E-state index contributed by atoms with van der Waals surface area (Å²) in [6.45, 7) is 2.09. The van der Waals surface area contributed by atoms with Crippen LogP contribution in [0.25, 0.3) is 0 Å². The van der Waals surface area contributed by atoms with E-state index >= 15 is 0 Å². The maximum absolute atomic E-state index is 13.5. The molecular weight excluding hydrogens is 285 g/mol. The van der Waals surface area contributed by atoms with Gasteiger partial charge in [-0.05, 0) is 42.2 Å². The molecule has 2 aromatic rings. The number of amides is 1. The molecule has 0 aliphatic carbocycles. The van der Waals surface area contributed by atoms with E-state index in [2.05, 4.69) is 11.4 Å². The normalized spacial score (nSPS) is 16.6. The summed E-state index contributed by atoms with van der Waals surface area (Å²) >= 11 is 1.60. The molecule has 0 radical (unpaired) electrons. The van der Waals surface area contributed by atoms with Gasteiger partial charge in [-0.3, -0.25) is 4.79 Å². The quantitative estimate of drug-likeness (QED) is 0.940. The van der Waals surface area contributed by atoms with Crippen molar-refractivity contribution in [2.75, 3.05) is 0 Å². The van der Waals surface area contributed by atoms with E-state index < -0.39 is 0 Å². The van der Waals surface area contributed by atoms with E-state index in [-0.39, 0.29) is 17.0 Å². The average Bonchev–Trinajstić information content (AvgIpc) is 2.92. The minimum absolute atomic E-state index is 0.0113. The summed E-state index contributed by atoms with van der Waals surface area (Å²) in [5.74, 6) is -0.221. The van der Waals surface area contributed by atoms with Gasteiger partial charge in [-0.25, -0.2) is 4.39 Å². The minimum Gasteiger partial charge on any atom is -0.351 e. The van der Waals surface area contributed by atoms with Crippen molar-refractivity contribution in [1.29, 1.82) is 0 Å². The third kappa shape index (κ3) is 3.10. The highest BCUT2D eigenvalue weighted by atomic mass is 32.2. The highest BCUT2D eigenvalue weighted by Gasteiger charge is 2.27.